The van der Waals surface area contributed by atoms with Crippen LogP contribution in [0.3, 0.4) is 0 Å². The van der Waals surface area contributed by atoms with Crippen LogP contribution < -0.4 is 0 Å². The molecule has 0 aromatic heterocycles. The predicted molar refractivity (Wildman–Crippen MR) is 141 cm³/mol. The molecule has 0 saturated carbocycles. The van der Waals surface area contributed by atoms with E-state index in [2.05, 4.69) is 32.1 Å². The molecular formula is C28H26F22O8. The van der Waals surface area contributed by atoms with Crippen LogP contribution in [0.4, 0.5) is 96.6 Å². The summed E-state index contributed by atoms with van der Waals surface area (Å²) in [6, 6.07) is 0. The van der Waals surface area contributed by atoms with Gasteiger partial charge in [0.1, 0.15) is 11.1 Å². The number of esters is 2. The molecule has 340 valence electrons. The van der Waals surface area contributed by atoms with Crippen molar-refractivity contribution in [1.82, 2.24) is 0 Å². The highest BCUT2D eigenvalue weighted by Gasteiger charge is 2.87. The number of halogens is 22. The van der Waals surface area contributed by atoms with Crippen molar-refractivity contribution < 1.29 is 135 Å². The van der Waals surface area contributed by atoms with Crippen LogP contribution in [0, 0.1) is 0 Å². The van der Waals surface area contributed by atoms with E-state index in [4.69, 9.17) is 0 Å². The maximum Gasteiger partial charge on any atom is 0.449 e. The largest absolute Gasteiger partial charge is 0.449 e. The van der Waals surface area contributed by atoms with Crippen molar-refractivity contribution in [3.8, 4) is 0 Å². The van der Waals surface area contributed by atoms with Gasteiger partial charge in [-0.15, -0.1) is 0 Å². The molecule has 2 aliphatic heterocycles. The molecule has 8 nitrogen and oxygen atoms in total. The minimum atomic E-state index is -6.57. The van der Waals surface area contributed by atoms with Crippen LogP contribution in [-0.2, 0) is 28.5 Å². The van der Waals surface area contributed by atoms with Crippen molar-refractivity contribution in [3.63, 3.8) is 0 Å². The zero-order valence-corrected chi connectivity index (χ0v) is 28.7. The van der Waals surface area contributed by atoms with Crippen LogP contribution in [0.15, 0.2) is 24.3 Å². The van der Waals surface area contributed by atoms with Crippen LogP contribution in [-0.4, -0.2) is 106 Å². The third-order valence-corrected chi connectivity index (χ3v) is 8.85. The van der Waals surface area contributed by atoms with Crippen molar-refractivity contribution in [1.29, 1.82) is 0 Å². The van der Waals surface area contributed by atoms with E-state index in [9.17, 15) is 116 Å². The summed E-state index contributed by atoms with van der Waals surface area (Å²) in [5, 5.41) is 18.9. The van der Waals surface area contributed by atoms with Gasteiger partial charge in [-0.2, -0.15) is 96.6 Å². The van der Waals surface area contributed by atoms with E-state index in [0.717, 1.165) is 0 Å². The molecule has 2 rings (SSSR count). The van der Waals surface area contributed by atoms with E-state index in [0.29, 0.717) is 20.8 Å². The molecule has 2 aliphatic rings. The van der Waals surface area contributed by atoms with E-state index < -0.39 is 139 Å². The average molecular weight is 908 g/mol. The molecule has 0 radical (unpaired) electrons. The van der Waals surface area contributed by atoms with Crippen molar-refractivity contribution in [2.24, 2.45) is 0 Å². The Balaban J connectivity index is 0.000000581. The highest BCUT2D eigenvalue weighted by molar-refractivity contribution is 5.90. The summed E-state index contributed by atoms with van der Waals surface area (Å²) in [6.45, 7) is 6.02. The third-order valence-electron chi connectivity index (χ3n) is 8.85. The second-order valence-corrected chi connectivity index (χ2v) is 12.3. The molecule has 0 aliphatic carbocycles. The number of rotatable bonds is 7. The summed E-state index contributed by atoms with van der Waals surface area (Å²) in [4.78, 5) is 23.1. The highest BCUT2D eigenvalue weighted by atomic mass is 19.4. The van der Waals surface area contributed by atoms with Gasteiger partial charge in [-0.05, 0) is 19.3 Å². The number of carbonyl (C=O) groups excluding carboxylic acids is 2. The quantitative estimate of drug-likeness (QED) is 0.148. The van der Waals surface area contributed by atoms with Gasteiger partial charge in [0.05, 0.1) is 0 Å². The van der Waals surface area contributed by atoms with Crippen LogP contribution in [0.5, 0.6) is 0 Å². The summed E-state index contributed by atoms with van der Waals surface area (Å²) < 4.78 is 306. The van der Waals surface area contributed by atoms with E-state index in [1.807, 2.05) is 0 Å². The predicted octanol–water partition coefficient (Wildman–Crippen LogP) is 8.85. The molecule has 58 heavy (non-hydrogen) atoms. The smallest absolute Gasteiger partial charge is 0.449 e. The lowest BCUT2D eigenvalue weighted by Gasteiger charge is -2.56. The summed E-state index contributed by atoms with van der Waals surface area (Å²) in [5.74, 6) is -28.8. The van der Waals surface area contributed by atoms with Crippen LogP contribution >= 0.6 is 0 Å². The zero-order valence-electron chi connectivity index (χ0n) is 28.7. The molecular weight excluding hydrogens is 882 g/mol. The first-order valence-corrected chi connectivity index (χ1v) is 15.1. The normalized spacial score (nSPS) is 32.0. The van der Waals surface area contributed by atoms with Crippen LogP contribution in [0.1, 0.15) is 52.9 Å². The lowest BCUT2D eigenvalue weighted by molar-refractivity contribution is -0.518. The van der Waals surface area contributed by atoms with Gasteiger partial charge in [-0.1, -0.05) is 33.9 Å². The van der Waals surface area contributed by atoms with Crippen molar-refractivity contribution in [2.45, 2.75) is 136 Å². The second kappa shape index (κ2) is 15.3. The summed E-state index contributed by atoms with van der Waals surface area (Å²) in [7, 11) is 0. The number of ether oxygens (including phenoxy) is 4. The maximum atomic E-state index is 14.8. The minimum Gasteiger partial charge on any atom is -0.449 e. The van der Waals surface area contributed by atoms with Gasteiger partial charge in [0, 0.05) is 12.8 Å². The fourth-order valence-corrected chi connectivity index (χ4v) is 5.31. The van der Waals surface area contributed by atoms with E-state index in [-0.39, 0.29) is 0 Å². The Labute approximate surface area is 308 Å². The van der Waals surface area contributed by atoms with Gasteiger partial charge >= 0.3 is 72.4 Å². The monoisotopic (exact) mass is 908 g/mol. The first-order valence-electron chi connectivity index (χ1n) is 15.1. The molecule has 2 fully saturated rings. The molecule has 30 heteroatoms. The third kappa shape index (κ3) is 8.78. The number of hydrogen-bond acceptors (Lipinski definition) is 8. The van der Waals surface area contributed by atoms with Crippen LogP contribution in [0.25, 0.3) is 0 Å². The van der Waals surface area contributed by atoms with Gasteiger partial charge in [-0.25, -0.2) is 9.59 Å². The molecule has 6 unspecified atom stereocenters. The number of aliphatic hydroxyl groups is 2. The number of hydrogen-bond donors (Lipinski definition) is 2. The topological polar surface area (TPSA) is 112 Å². The molecule has 6 atom stereocenters. The number of alkyl halides is 22. The SMILES string of the molecule is C=C(C(=O)OC1(CC)CC(C(F)(F)F)OC(O)(C(F)(F)F)C1(F)F)C(F)(F)F.C=C(C(=O)OC1(CC)CC(CC)(C(F)(F)F)OC(O)(C(F)(F)F)C1(F)F)C(F)(F)F. The molecule has 0 spiro atoms. The Hall–Kier alpha value is -3.28. The van der Waals surface area contributed by atoms with E-state index in [1.54, 1.807) is 0 Å². The Morgan fingerprint density at radius 2 is 0.948 bits per heavy atom. The Kier molecular flexibility index (Phi) is 13.9. The fraction of sp³-hybridized carbons (Fsp3) is 0.786. The molecule has 2 N–H and O–H groups in total. The van der Waals surface area contributed by atoms with Gasteiger partial charge < -0.3 is 29.2 Å². The first-order chi connectivity index (χ1) is 25.2. The maximum absolute atomic E-state index is 14.8. The first kappa shape index (κ1) is 52.7. The lowest BCUT2D eigenvalue weighted by Crippen LogP contribution is -2.79. The summed E-state index contributed by atoms with van der Waals surface area (Å²) in [6.07, 6.45) is -48.6. The second-order valence-electron chi connectivity index (χ2n) is 12.3. The van der Waals surface area contributed by atoms with Gasteiger partial charge in [0.15, 0.2) is 22.9 Å². The van der Waals surface area contributed by atoms with Crippen molar-refractivity contribution in [3.05, 3.63) is 24.3 Å². The zero-order chi connectivity index (χ0) is 46.8. The molecule has 0 aromatic rings. The Morgan fingerprint density at radius 3 is 1.22 bits per heavy atom. The van der Waals surface area contributed by atoms with E-state index >= 15 is 0 Å². The Bertz CT molecular complexity index is 1560. The van der Waals surface area contributed by atoms with Crippen molar-refractivity contribution >= 4 is 11.9 Å². The number of carbonyl (C=O) groups is 2. The van der Waals surface area contributed by atoms with Gasteiger partial charge in [0.25, 0.3) is 0 Å². The van der Waals surface area contributed by atoms with E-state index in [1.165, 1.54) is 0 Å². The lowest BCUT2D eigenvalue weighted by atomic mass is 9.72. The fourth-order valence-electron chi connectivity index (χ4n) is 5.31. The molecule has 2 heterocycles. The van der Waals surface area contributed by atoms with Gasteiger partial charge in [0.2, 0.25) is 0 Å². The van der Waals surface area contributed by atoms with Crippen molar-refractivity contribution in [2.75, 3.05) is 0 Å². The highest BCUT2D eigenvalue weighted by Crippen LogP contribution is 2.63. The average Bonchev–Trinajstić information content (AvgIpc) is 3.01. The summed E-state index contributed by atoms with van der Waals surface area (Å²) in [5.41, 5.74) is -17.4. The molecule has 0 amide bonds. The standard InChI is InChI=1S/C15H15F11O4.C13H11F11O4/c1-4-9(29-8(27)7(3)11(16,17)18)6-10(5-2,14(21,22)23)30-13(28,12(9,19)20)15(24,25)26;1-3-8(28-7(25)5(2)9(14,15)16)4-6(10(17,18)19)27-12(26,11(8,20)21)13(22,23)24/h28H,3-6H2,1-2H3;6,26H,2-4H2,1H3. The molecule has 2 saturated heterocycles. The molecule has 0 aromatic carbocycles. The summed E-state index contributed by atoms with van der Waals surface area (Å²) >= 11 is 0. The van der Waals surface area contributed by atoms with Gasteiger partial charge in [-0.3, -0.25) is 0 Å². The Morgan fingerprint density at radius 1 is 0.603 bits per heavy atom. The molecule has 0 bridgehead atoms. The minimum absolute atomic E-state index is 0.521. The van der Waals surface area contributed by atoms with Crippen LogP contribution in [0.2, 0.25) is 0 Å².